The third-order valence-corrected chi connectivity index (χ3v) is 4.74. The highest BCUT2D eigenvalue weighted by Gasteiger charge is 2.24. The molecule has 4 heteroatoms. The highest BCUT2D eigenvalue weighted by atomic mass is 32.1. The largest absolute Gasteiger partial charge is 0.273 e. The van der Waals surface area contributed by atoms with Crippen molar-refractivity contribution in [3.8, 4) is 11.1 Å². The minimum Gasteiger partial charge on any atom is -0.273 e. The molecule has 2 aromatic carbocycles. The molecule has 0 atom stereocenters. The van der Waals surface area contributed by atoms with Crippen LogP contribution in [0, 0.1) is 0 Å². The maximum Gasteiger partial charge on any atom is 0.245 e. The van der Waals surface area contributed by atoms with Crippen LogP contribution in [0.1, 0.15) is 16.0 Å². The number of nitrogens with one attached hydrogen (secondary N) is 1. The summed E-state index contributed by atoms with van der Waals surface area (Å²) in [5.74, 6) is -0.0955. The van der Waals surface area contributed by atoms with Crippen LogP contribution >= 0.6 is 11.3 Å². The number of fused-ring (bicyclic) bond motifs is 3. The van der Waals surface area contributed by atoms with Crippen LogP contribution in [0.2, 0.25) is 0 Å². The number of thiophene rings is 1. The molecule has 0 saturated carbocycles. The molecule has 0 bridgehead atoms. The molecular formula is C19H14N2OS. The molecule has 0 saturated heterocycles. The molecule has 1 heterocycles. The van der Waals surface area contributed by atoms with E-state index in [0.29, 0.717) is 6.42 Å². The van der Waals surface area contributed by atoms with E-state index in [-0.39, 0.29) is 5.91 Å². The van der Waals surface area contributed by atoms with Gasteiger partial charge in [-0.3, -0.25) is 4.79 Å². The number of hydrazone groups is 1. The van der Waals surface area contributed by atoms with E-state index in [0.717, 1.165) is 32.8 Å². The quantitative estimate of drug-likeness (QED) is 0.573. The standard InChI is InChI=1S/C19H14N2OS/c22-18(12-13-6-5-11-23-13)20-21-19-16-9-3-1-7-14(16)15-8-2-4-10-17(15)19/h1-11H,12H2,(H,20,22). The Morgan fingerprint density at radius 3 is 2.04 bits per heavy atom. The van der Waals surface area contributed by atoms with Crippen LogP contribution in [-0.4, -0.2) is 11.6 Å². The third-order valence-electron chi connectivity index (χ3n) is 3.86. The van der Waals surface area contributed by atoms with Gasteiger partial charge in [0.1, 0.15) is 0 Å². The molecule has 4 rings (SSSR count). The molecule has 3 nitrogen and oxygen atoms in total. The predicted octanol–water partition coefficient (Wildman–Crippen LogP) is 3.84. The van der Waals surface area contributed by atoms with E-state index in [9.17, 15) is 4.79 Å². The number of rotatable bonds is 3. The molecule has 0 radical (unpaired) electrons. The van der Waals surface area contributed by atoms with Crippen LogP contribution in [0.4, 0.5) is 0 Å². The second-order valence-electron chi connectivity index (χ2n) is 5.34. The predicted molar refractivity (Wildman–Crippen MR) is 93.7 cm³/mol. The summed E-state index contributed by atoms with van der Waals surface area (Å²) in [6, 6.07) is 20.2. The molecule has 3 aromatic rings. The van der Waals surface area contributed by atoms with Crippen molar-refractivity contribution in [2.45, 2.75) is 6.42 Å². The van der Waals surface area contributed by atoms with Crippen molar-refractivity contribution in [1.82, 2.24) is 5.43 Å². The summed E-state index contributed by atoms with van der Waals surface area (Å²) in [6.45, 7) is 0. The topological polar surface area (TPSA) is 41.5 Å². The molecule has 0 aliphatic heterocycles. The highest BCUT2D eigenvalue weighted by molar-refractivity contribution is 7.10. The van der Waals surface area contributed by atoms with Gasteiger partial charge in [-0.25, -0.2) is 5.43 Å². The van der Waals surface area contributed by atoms with E-state index in [1.54, 1.807) is 11.3 Å². The van der Waals surface area contributed by atoms with Gasteiger partial charge in [-0.2, -0.15) is 5.10 Å². The molecule has 23 heavy (non-hydrogen) atoms. The van der Waals surface area contributed by atoms with E-state index in [1.807, 2.05) is 53.9 Å². The van der Waals surface area contributed by atoms with Gasteiger partial charge in [0.2, 0.25) is 5.91 Å². The van der Waals surface area contributed by atoms with Gasteiger partial charge in [-0.05, 0) is 22.6 Å². The lowest BCUT2D eigenvalue weighted by Crippen LogP contribution is -2.21. The number of hydrogen-bond acceptors (Lipinski definition) is 3. The van der Waals surface area contributed by atoms with Crippen molar-refractivity contribution in [3.63, 3.8) is 0 Å². The first-order valence-electron chi connectivity index (χ1n) is 7.41. The van der Waals surface area contributed by atoms with E-state index in [2.05, 4.69) is 22.7 Å². The summed E-state index contributed by atoms with van der Waals surface area (Å²) < 4.78 is 0. The molecule has 0 unspecified atom stereocenters. The Kier molecular flexibility index (Phi) is 3.52. The second-order valence-corrected chi connectivity index (χ2v) is 6.37. The zero-order valence-electron chi connectivity index (χ0n) is 12.3. The van der Waals surface area contributed by atoms with Crippen molar-refractivity contribution in [2.75, 3.05) is 0 Å². The van der Waals surface area contributed by atoms with Gasteiger partial charge >= 0.3 is 0 Å². The van der Waals surface area contributed by atoms with Crippen molar-refractivity contribution >= 4 is 23.0 Å². The van der Waals surface area contributed by atoms with Crippen LogP contribution < -0.4 is 5.43 Å². The van der Waals surface area contributed by atoms with E-state index < -0.39 is 0 Å². The van der Waals surface area contributed by atoms with Crippen LogP contribution in [0.3, 0.4) is 0 Å². The van der Waals surface area contributed by atoms with E-state index >= 15 is 0 Å². The lowest BCUT2D eigenvalue weighted by atomic mass is 10.1. The molecule has 1 aliphatic rings. The smallest absolute Gasteiger partial charge is 0.245 e. The normalized spacial score (nSPS) is 11.7. The fraction of sp³-hybridized carbons (Fsp3) is 0.0526. The Balaban J connectivity index is 1.64. The van der Waals surface area contributed by atoms with Crippen molar-refractivity contribution in [2.24, 2.45) is 5.10 Å². The lowest BCUT2D eigenvalue weighted by Gasteiger charge is -2.03. The second kappa shape index (κ2) is 5.82. The fourth-order valence-electron chi connectivity index (χ4n) is 2.84. The van der Waals surface area contributed by atoms with Gasteiger partial charge < -0.3 is 0 Å². The average molecular weight is 318 g/mol. The summed E-state index contributed by atoms with van der Waals surface area (Å²) >= 11 is 1.58. The minimum atomic E-state index is -0.0955. The summed E-state index contributed by atoms with van der Waals surface area (Å²) in [6.07, 6.45) is 0.359. The van der Waals surface area contributed by atoms with Gasteiger partial charge in [0, 0.05) is 16.0 Å². The van der Waals surface area contributed by atoms with Crippen LogP contribution in [0.15, 0.2) is 71.1 Å². The van der Waals surface area contributed by atoms with Crippen molar-refractivity contribution in [3.05, 3.63) is 82.0 Å². The minimum absolute atomic E-state index is 0.0955. The van der Waals surface area contributed by atoms with Gasteiger partial charge in [-0.15, -0.1) is 11.3 Å². The van der Waals surface area contributed by atoms with E-state index in [1.165, 1.54) is 0 Å². The van der Waals surface area contributed by atoms with Crippen molar-refractivity contribution < 1.29 is 4.79 Å². The van der Waals surface area contributed by atoms with Crippen LogP contribution in [0.25, 0.3) is 11.1 Å². The Hall–Kier alpha value is -2.72. The average Bonchev–Trinajstić information content (AvgIpc) is 3.19. The molecule has 1 N–H and O–H groups in total. The third kappa shape index (κ3) is 2.58. The van der Waals surface area contributed by atoms with Crippen LogP contribution in [0.5, 0.6) is 0 Å². The first-order valence-corrected chi connectivity index (χ1v) is 8.29. The Morgan fingerprint density at radius 1 is 0.870 bits per heavy atom. The van der Waals surface area contributed by atoms with Gasteiger partial charge in [0.15, 0.2) is 0 Å². The SMILES string of the molecule is O=C(Cc1cccs1)NN=C1c2ccccc2-c2ccccc21. The van der Waals surface area contributed by atoms with Crippen LogP contribution in [-0.2, 0) is 11.2 Å². The first kappa shape index (κ1) is 13.9. The molecule has 1 aliphatic carbocycles. The summed E-state index contributed by atoms with van der Waals surface area (Å²) in [7, 11) is 0. The first-order chi connectivity index (χ1) is 11.3. The molecule has 0 spiro atoms. The number of carbonyl (C=O) groups is 1. The number of carbonyl (C=O) groups excluding carboxylic acids is 1. The Morgan fingerprint density at radius 2 is 1.48 bits per heavy atom. The Bertz CT molecular complexity index is 850. The fourth-order valence-corrected chi connectivity index (χ4v) is 3.55. The summed E-state index contributed by atoms with van der Waals surface area (Å²) in [5, 5.41) is 6.38. The molecule has 0 fully saturated rings. The molecule has 1 amide bonds. The summed E-state index contributed by atoms with van der Waals surface area (Å²) in [4.78, 5) is 13.1. The molecule has 1 aromatic heterocycles. The number of hydrogen-bond donors (Lipinski definition) is 1. The maximum absolute atomic E-state index is 12.1. The molecule has 112 valence electrons. The van der Waals surface area contributed by atoms with Gasteiger partial charge in [0.05, 0.1) is 12.1 Å². The number of amides is 1. The van der Waals surface area contributed by atoms with E-state index in [4.69, 9.17) is 0 Å². The monoisotopic (exact) mass is 318 g/mol. The lowest BCUT2D eigenvalue weighted by molar-refractivity contribution is -0.120. The maximum atomic E-state index is 12.1. The van der Waals surface area contributed by atoms with Gasteiger partial charge in [-0.1, -0.05) is 54.6 Å². The highest BCUT2D eigenvalue weighted by Crippen LogP contribution is 2.36. The number of nitrogens with zero attached hydrogens (tertiary/aromatic N) is 1. The molecular weight excluding hydrogens is 304 g/mol. The zero-order chi connectivity index (χ0) is 15.6. The van der Waals surface area contributed by atoms with Gasteiger partial charge in [0.25, 0.3) is 0 Å². The summed E-state index contributed by atoms with van der Waals surface area (Å²) in [5.41, 5.74) is 7.97. The Labute approximate surface area is 138 Å². The zero-order valence-corrected chi connectivity index (χ0v) is 13.1. The van der Waals surface area contributed by atoms with Crippen molar-refractivity contribution in [1.29, 1.82) is 0 Å². The number of benzene rings is 2.